The fourth-order valence-corrected chi connectivity index (χ4v) is 3.23. The summed E-state index contributed by atoms with van der Waals surface area (Å²) in [5.41, 5.74) is 0.594. The topological polar surface area (TPSA) is 70.4 Å². The van der Waals surface area contributed by atoms with E-state index < -0.39 is 17.6 Å². The molecular formula is C21H16Cl2N2O3. The molecule has 1 heterocycles. The Labute approximate surface area is 172 Å². The molecule has 0 fully saturated rings. The third-order valence-electron chi connectivity index (χ3n) is 3.94. The van der Waals surface area contributed by atoms with Crippen LogP contribution in [0.25, 0.3) is 11.1 Å². The molecule has 142 valence electrons. The van der Waals surface area contributed by atoms with Gasteiger partial charge in [-0.1, -0.05) is 41.4 Å². The molecule has 5 nitrogen and oxygen atoms in total. The maximum Gasteiger partial charge on any atom is 0.422 e. The molecule has 2 aromatic carbocycles. The molecule has 0 saturated heterocycles. The van der Waals surface area contributed by atoms with E-state index >= 15 is 0 Å². The standard InChI is InChI=1S/C21H16Cl2N2O3/c1-21(2,3)28-20(27)25-17-10-14(23)7-8-15(17)18(19(25)26)16(11-24)12-5-4-6-13(22)9-12/h4-10H,1-3H3. The van der Waals surface area contributed by atoms with Crippen LogP contribution in [0.1, 0.15) is 31.9 Å². The molecule has 0 bridgehead atoms. The van der Waals surface area contributed by atoms with Crippen LogP contribution in [0.2, 0.25) is 10.0 Å². The number of ether oxygens (including phenoxy) is 1. The molecule has 1 aliphatic heterocycles. The van der Waals surface area contributed by atoms with Crippen molar-refractivity contribution in [3.05, 3.63) is 63.6 Å². The Balaban J connectivity index is 2.23. The van der Waals surface area contributed by atoms with Gasteiger partial charge in [-0.3, -0.25) is 4.79 Å². The van der Waals surface area contributed by atoms with Gasteiger partial charge in [0.05, 0.1) is 16.8 Å². The van der Waals surface area contributed by atoms with E-state index in [9.17, 15) is 14.9 Å². The molecule has 1 aliphatic rings. The van der Waals surface area contributed by atoms with Crippen LogP contribution >= 0.6 is 23.2 Å². The van der Waals surface area contributed by atoms with Crippen LogP contribution in [-0.4, -0.2) is 17.6 Å². The highest BCUT2D eigenvalue weighted by Crippen LogP contribution is 2.42. The number of fused-ring (bicyclic) bond motifs is 1. The average molecular weight is 415 g/mol. The van der Waals surface area contributed by atoms with Crippen molar-refractivity contribution >= 4 is 52.0 Å². The fraction of sp³-hybridized carbons (Fsp3) is 0.190. The van der Waals surface area contributed by atoms with Gasteiger partial charge in [0, 0.05) is 15.6 Å². The highest BCUT2D eigenvalue weighted by atomic mass is 35.5. The average Bonchev–Trinajstić information content (AvgIpc) is 2.86. The summed E-state index contributed by atoms with van der Waals surface area (Å²) in [7, 11) is 0. The third kappa shape index (κ3) is 3.75. The molecule has 0 aliphatic carbocycles. The molecule has 28 heavy (non-hydrogen) atoms. The number of hydrogen-bond acceptors (Lipinski definition) is 4. The quantitative estimate of drug-likeness (QED) is 0.442. The zero-order valence-electron chi connectivity index (χ0n) is 15.4. The Hall–Kier alpha value is -2.81. The van der Waals surface area contributed by atoms with E-state index in [-0.39, 0.29) is 16.8 Å². The van der Waals surface area contributed by atoms with E-state index in [1.165, 1.54) is 6.07 Å². The van der Waals surface area contributed by atoms with E-state index in [2.05, 4.69) is 6.07 Å². The lowest BCUT2D eigenvalue weighted by atomic mass is 9.96. The number of rotatable bonds is 1. The zero-order chi connectivity index (χ0) is 20.6. The van der Waals surface area contributed by atoms with E-state index in [1.54, 1.807) is 57.2 Å². The summed E-state index contributed by atoms with van der Waals surface area (Å²) >= 11 is 12.1. The van der Waals surface area contributed by atoms with Crippen LogP contribution in [-0.2, 0) is 9.53 Å². The largest absolute Gasteiger partial charge is 0.443 e. The Morgan fingerprint density at radius 1 is 1.11 bits per heavy atom. The molecule has 0 atom stereocenters. The van der Waals surface area contributed by atoms with Gasteiger partial charge < -0.3 is 4.74 Å². The van der Waals surface area contributed by atoms with Crippen LogP contribution in [0.3, 0.4) is 0 Å². The maximum atomic E-state index is 13.2. The molecule has 0 spiro atoms. The van der Waals surface area contributed by atoms with Crippen LogP contribution < -0.4 is 4.90 Å². The van der Waals surface area contributed by atoms with Crippen molar-refractivity contribution in [3.63, 3.8) is 0 Å². The number of nitriles is 1. The summed E-state index contributed by atoms with van der Waals surface area (Å²) in [5.74, 6) is -0.650. The van der Waals surface area contributed by atoms with E-state index in [1.807, 2.05) is 0 Å². The second kappa shape index (κ2) is 7.31. The summed E-state index contributed by atoms with van der Waals surface area (Å²) in [6, 6.07) is 13.4. The minimum Gasteiger partial charge on any atom is -0.443 e. The SMILES string of the molecule is CC(C)(C)OC(=O)N1C(=O)C(=C(C#N)c2cccc(Cl)c2)c2ccc(Cl)cc21. The number of carbonyl (C=O) groups excluding carboxylic acids is 2. The number of hydrogen-bond donors (Lipinski definition) is 0. The fourth-order valence-electron chi connectivity index (χ4n) is 2.88. The highest BCUT2D eigenvalue weighted by Gasteiger charge is 2.41. The molecule has 0 unspecified atom stereocenters. The van der Waals surface area contributed by atoms with Gasteiger partial charge in [0.15, 0.2) is 0 Å². The minimum absolute atomic E-state index is 0.0993. The Bertz CT molecular complexity index is 1060. The number of anilines is 1. The molecule has 2 aromatic rings. The monoisotopic (exact) mass is 414 g/mol. The van der Waals surface area contributed by atoms with Gasteiger partial charge in [0.2, 0.25) is 0 Å². The number of carbonyl (C=O) groups is 2. The Kier molecular flexibility index (Phi) is 5.20. The molecule has 0 radical (unpaired) electrons. The van der Waals surface area contributed by atoms with Crippen molar-refractivity contribution in [1.82, 2.24) is 0 Å². The van der Waals surface area contributed by atoms with Crippen molar-refractivity contribution in [2.45, 2.75) is 26.4 Å². The van der Waals surface area contributed by atoms with Crippen molar-refractivity contribution < 1.29 is 14.3 Å². The summed E-state index contributed by atoms with van der Waals surface area (Å²) in [5, 5.41) is 10.6. The number of halogens is 2. The maximum absolute atomic E-state index is 13.2. The van der Waals surface area contributed by atoms with E-state index in [0.717, 1.165) is 4.90 Å². The van der Waals surface area contributed by atoms with Gasteiger partial charge in [0.1, 0.15) is 11.7 Å². The summed E-state index contributed by atoms with van der Waals surface area (Å²) in [6.07, 6.45) is -0.834. The number of allylic oxidation sites excluding steroid dienone is 1. The van der Waals surface area contributed by atoms with Gasteiger partial charge in [-0.15, -0.1) is 0 Å². The van der Waals surface area contributed by atoms with Gasteiger partial charge in [-0.05, 0) is 50.6 Å². The number of amides is 2. The smallest absolute Gasteiger partial charge is 0.422 e. The van der Waals surface area contributed by atoms with Crippen molar-refractivity contribution in [2.75, 3.05) is 4.90 Å². The van der Waals surface area contributed by atoms with Crippen LogP contribution in [0.5, 0.6) is 0 Å². The highest BCUT2D eigenvalue weighted by molar-refractivity contribution is 6.44. The normalized spacial score (nSPS) is 15.1. The van der Waals surface area contributed by atoms with E-state index in [0.29, 0.717) is 21.2 Å². The summed E-state index contributed by atoms with van der Waals surface area (Å²) in [6.45, 7) is 5.11. The summed E-state index contributed by atoms with van der Waals surface area (Å²) < 4.78 is 5.37. The van der Waals surface area contributed by atoms with Gasteiger partial charge in [-0.2, -0.15) is 5.26 Å². The molecular weight excluding hydrogens is 399 g/mol. The number of imide groups is 1. The first-order valence-electron chi connectivity index (χ1n) is 8.40. The predicted octanol–water partition coefficient (Wildman–Crippen LogP) is 5.71. The molecule has 2 amide bonds. The lowest BCUT2D eigenvalue weighted by Gasteiger charge is -2.23. The third-order valence-corrected chi connectivity index (χ3v) is 4.41. The first-order valence-corrected chi connectivity index (χ1v) is 9.15. The van der Waals surface area contributed by atoms with Crippen molar-refractivity contribution in [3.8, 4) is 6.07 Å². The van der Waals surface area contributed by atoms with Crippen molar-refractivity contribution in [2.24, 2.45) is 0 Å². The molecule has 0 N–H and O–H groups in total. The first kappa shape index (κ1) is 19.9. The Morgan fingerprint density at radius 2 is 1.79 bits per heavy atom. The number of benzene rings is 2. The molecule has 3 rings (SSSR count). The summed E-state index contributed by atoms with van der Waals surface area (Å²) in [4.78, 5) is 26.8. The van der Waals surface area contributed by atoms with Gasteiger partial charge in [0.25, 0.3) is 5.91 Å². The molecule has 7 heteroatoms. The minimum atomic E-state index is -0.834. The second-order valence-electron chi connectivity index (χ2n) is 7.15. The zero-order valence-corrected chi connectivity index (χ0v) is 16.9. The van der Waals surface area contributed by atoms with Crippen LogP contribution in [0.15, 0.2) is 42.5 Å². The number of nitrogens with zero attached hydrogens (tertiary/aromatic N) is 2. The first-order chi connectivity index (χ1) is 13.1. The van der Waals surface area contributed by atoms with Gasteiger partial charge >= 0.3 is 6.09 Å². The van der Waals surface area contributed by atoms with Gasteiger partial charge in [-0.25, -0.2) is 9.69 Å². The predicted molar refractivity (Wildman–Crippen MR) is 109 cm³/mol. The van der Waals surface area contributed by atoms with Crippen LogP contribution in [0, 0.1) is 11.3 Å². The Morgan fingerprint density at radius 3 is 2.39 bits per heavy atom. The molecule has 0 saturated carbocycles. The molecule has 0 aromatic heterocycles. The van der Waals surface area contributed by atoms with Crippen molar-refractivity contribution in [1.29, 1.82) is 5.26 Å². The lowest BCUT2D eigenvalue weighted by Crippen LogP contribution is -2.38. The second-order valence-corrected chi connectivity index (χ2v) is 8.03. The van der Waals surface area contributed by atoms with Crippen LogP contribution in [0.4, 0.5) is 10.5 Å². The van der Waals surface area contributed by atoms with E-state index in [4.69, 9.17) is 27.9 Å². The lowest BCUT2D eigenvalue weighted by molar-refractivity contribution is -0.112.